The molecule has 1 unspecified atom stereocenters. The highest BCUT2D eigenvalue weighted by atomic mass is 35.5. The zero-order valence-electron chi connectivity index (χ0n) is 19.1. The van der Waals surface area contributed by atoms with E-state index in [4.69, 9.17) is 17.3 Å². The molecule has 4 aromatic rings. The van der Waals surface area contributed by atoms with Crippen LogP contribution in [0.3, 0.4) is 0 Å². The molecule has 8 heteroatoms. The van der Waals surface area contributed by atoms with Gasteiger partial charge >= 0.3 is 0 Å². The molecule has 4 rings (SSSR count). The number of halogens is 1. The van der Waals surface area contributed by atoms with Crippen LogP contribution in [-0.4, -0.2) is 24.4 Å². The molecule has 1 atom stereocenters. The summed E-state index contributed by atoms with van der Waals surface area (Å²) in [6, 6.07) is 28.4. The van der Waals surface area contributed by atoms with Crippen molar-refractivity contribution in [3.8, 4) is 0 Å². The third-order valence-electron chi connectivity index (χ3n) is 5.68. The molecule has 0 heterocycles. The zero-order valence-corrected chi connectivity index (χ0v) is 20.7. The highest BCUT2D eigenvalue weighted by Crippen LogP contribution is 2.30. The maximum Gasteiger partial charge on any atom is 0.244 e. The normalized spacial score (nSPS) is 12.3. The van der Waals surface area contributed by atoms with Crippen LogP contribution >= 0.6 is 11.6 Å². The number of amides is 1. The third kappa shape index (κ3) is 5.54. The van der Waals surface area contributed by atoms with E-state index in [2.05, 4.69) is 0 Å². The molecular formula is C28H23ClN2O4S. The van der Waals surface area contributed by atoms with Crippen molar-refractivity contribution in [2.75, 3.05) is 0 Å². The zero-order chi connectivity index (χ0) is 25.7. The topological polar surface area (TPSA) is 97.5 Å². The Morgan fingerprint density at radius 2 is 1.28 bits per heavy atom. The molecule has 0 saturated heterocycles. The number of primary amides is 1. The van der Waals surface area contributed by atoms with Gasteiger partial charge in [0.1, 0.15) is 6.04 Å². The summed E-state index contributed by atoms with van der Waals surface area (Å²) in [5.41, 5.74) is 7.78. The molecule has 0 aliphatic heterocycles. The van der Waals surface area contributed by atoms with E-state index in [1.165, 1.54) is 24.3 Å². The minimum absolute atomic E-state index is 0.0232. The van der Waals surface area contributed by atoms with E-state index in [1.807, 2.05) is 6.07 Å². The van der Waals surface area contributed by atoms with E-state index in [-0.39, 0.29) is 17.2 Å². The Hall–Kier alpha value is -3.78. The molecule has 0 radical (unpaired) electrons. The molecule has 0 spiro atoms. The molecule has 0 fully saturated rings. The first-order chi connectivity index (χ1) is 17.3. The van der Waals surface area contributed by atoms with Crippen molar-refractivity contribution in [2.45, 2.75) is 17.5 Å². The van der Waals surface area contributed by atoms with E-state index in [9.17, 15) is 18.0 Å². The van der Waals surface area contributed by atoms with E-state index in [0.29, 0.717) is 27.3 Å². The predicted molar refractivity (Wildman–Crippen MR) is 139 cm³/mol. The minimum atomic E-state index is -4.17. The molecule has 1 amide bonds. The fourth-order valence-electron chi connectivity index (χ4n) is 3.86. The first kappa shape index (κ1) is 25.3. The van der Waals surface area contributed by atoms with Gasteiger partial charge in [-0.1, -0.05) is 96.5 Å². The van der Waals surface area contributed by atoms with Gasteiger partial charge in [-0.3, -0.25) is 9.59 Å². The number of rotatable bonds is 9. The van der Waals surface area contributed by atoms with Crippen LogP contribution in [0.4, 0.5) is 0 Å². The van der Waals surface area contributed by atoms with Gasteiger partial charge in [0.25, 0.3) is 0 Å². The molecular weight excluding hydrogens is 496 g/mol. The van der Waals surface area contributed by atoms with Gasteiger partial charge in [0, 0.05) is 22.7 Å². The van der Waals surface area contributed by atoms with Gasteiger partial charge in [-0.05, 0) is 35.4 Å². The third-order valence-corrected chi connectivity index (χ3v) is 7.76. The Bertz CT molecular complexity index is 1460. The van der Waals surface area contributed by atoms with Crippen LogP contribution in [-0.2, 0) is 21.4 Å². The van der Waals surface area contributed by atoms with Crippen LogP contribution < -0.4 is 5.73 Å². The van der Waals surface area contributed by atoms with Gasteiger partial charge in [-0.25, -0.2) is 8.42 Å². The SMILES string of the molecule is NC(=O)C(c1ccccc1)N(Cc1ccc(C(=O)c2ccccc2)cc1)S(=O)(=O)c1ccc(Cl)cc1. The van der Waals surface area contributed by atoms with Crippen molar-refractivity contribution in [3.05, 3.63) is 136 Å². The summed E-state index contributed by atoms with van der Waals surface area (Å²) < 4.78 is 28.6. The van der Waals surface area contributed by atoms with Crippen LogP contribution in [0.2, 0.25) is 5.02 Å². The number of ketones is 1. The lowest BCUT2D eigenvalue weighted by atomic mass is 10.0. The number of sulfonamides is 1. The summed E-state index contributed by atoms with van der Waals surface area (Å²) in [7, 11) is -4.17. The molecule has 2 N–H and O–H groups in total. The lowest BCUT2D eigenvalue weighted by Crippen LogP contribution is -2.41. The van der Waals surface area contributed by atoms with Crippen LogP contribution in [0.5, 0.6) is 0 Å². The molecule has 0 aromatic heterocycles. The van der Waals surface area contributed by atoms with Gasteiger partial charge in [-0.2, -0.15) is 4.31 Å². The summed E-state index contributed by atoms with van der Waals surface area (Å²) >= 11 is 5.95. The number of hydrogen-bond donors (Lipinski definition) is 1. The summed E-state index contributed by atoms with van der Waals surface area (Å²) in [5, 5.41) is 0.383. The van der Waals surface area contributed by atoms with Crippen LogP contribution in [0.1, 0.15) is 33.1 Å². The van der Waals surface area contributed by atoms with Crippen molar-refractivity contribution in [3.63, 3.8) is 0 Å². The van der Waals surface area contributed by atoms with Crippen LogP contribution in [0.15, 0.2) is 114 Å². The second kappa shape index (κ2) is 10.9. The standard InChI is InChI=1S/C28H23ClN2O4S/c29-24-15-17-25(18-16-24)36(34,35)31(26(28(30)33)21-7-3-1-4-8-21)19-20-11-13-23(14-12-20)27(32)22-9-5-2-6-10-22/h1-18,26H,19H2,(H2,30,33). The van der Waals surface area contributed by atoms with Crippen molar-refractivity contribution in [1.82, 2.24) is 4.31 Å². The second-order valence-corrected chi connectivity index (χ2v) is 10.4. The Kier molecular flexibility index (Phi) is 7.64. The largest absolute Gasteiger partial charge is 0.368 e. The van der Waals surface area contributed by atoms with Crippen LogP contribution in [0, 0.1) is 0 Å². The molecule has 0 bridgehead atoms. The molecule has 6 nitrogen and oxygen atoms in total. The maximum absolute atomic E-state index is 13.7. The molecule has 0 saturated carbocycles. The summed E-state index contributed by atoms with van der Waals surface area (Å²) in [6.45, 7) is -0.146. The van der Waals surface area contributed by atoms with Crippen molar-refractivity contribution in [2.24, 2.45) is 5.73 Å². The van der Waals surface area contributed by atoms with E-state index < -0.39 is 22.0 Å². The number of nitrogens with two attached hydrogens (primary N) is 1. The average Bonchev–Trinajstić information content (AvgIpc) is 2.89. The molecule has 0 aliphatic carbocycles. The number of carbonyl (C=O) groups excluding carboxylic acids is 2. The molecule has 182 valence electrons. The van der Waals surface area contributed by atoms with E-state index >= 15 is 0 Å². The summed E-state index contributed by atoms with van der Waals surface area (Å²) in [6.07, 6.45) is 0. The highest BCUT2D eigenvalue weighted by Gasteiger charge is 2.36. The monoisotopic (exact) mass is 518 g/mol. The van der Waals surface area contributed by atoms with E-state index in [1.54, 1.807) is 78.9 Å². The molecule has 36 heavy (non-hydrogen) atoms. The van der Waals surface area contributed by atoms with Gasteiger partial charge in [0.05, 0.1) is 4.90 Å². The fourth-order valence-corrected chi connectivity index (χ4v) is 5.56. The van der Waals surface area contributed by atoms with Gasteiger partial charge in [-0.15, -0.1) is 0 Å². The average molecular weight is 519 g/mol. The smallest absolute Gasteiger partial charge is 0.244 e. The van der Waals surface area contributed by atoms with Gasteiger partial charge in [0.15, 0.2) is 5.78 Å². The maximum atomic E-state index is 13.7. The first-order valence-electron chi connectivity index (χ1n) is 11.1. The Balaban J connectivity index is 1.73. The first-order valence-corrected chi connectivity index (χ1v) is 12.9. The Morgan fingerprint density at radius 1 is 0.750 bits per heavy atom. The Morgan fingerprint density at radius 3 is 1.83 bits per heavy atom. The summed E-state index contributed by atoms with van der Waals surface area (Å²) in [5.74, 6) is -0.957. The Labute approximate surface area is 215 Å². The van der Waals surface area contributed by atoms with Gasteiger partial charge in [0.2, 0.25) is 15.9 Å². The minimum Gasteiger partial charge on any atom is -0.368 e. The predicted octanol–water partition coefficient (Wildman–Crippen LogP) is 4.99. The lowest BCUT2D eigenvalue weighted by molar-refractivity contribution is -0.122. The van der Waals surface area contributed by atoms with Gasteiger partial charge < -0.3 is 5.73 Å². The number of nitrogens with zero attached hydrogens (tertiary/aromatic N) is 1. The quantitative estimate of drug-likeness (QED) is 0.316. The highest BCUT2D eigenvalue weighted by molar-refractivity contribution is 7.89. The number of carbonyl (C=O) groups is 2. The van der Waals surface area contributed by atoms with Crippen molar-refractivity contribution in [1.29, 1.82) is 0 Å². The number of benzene rings is 4. The molecule has 0 aliphatic rings. The van der Waals surface area contributed by atoms with Crippen molar-refractivity contribution < 1.29 is 18.0 Å². The summed E-state index contributed by atoms with van der Waals surface area (Å²) in [4.78, 5) is 25.3. The number of hydrogen-bond acceptors (Lipinski definition) is 4. The lowest BCUT2D eigenvalue weighted by Gasteiger charge is -2.29. The second-order valence-electron chi connectivity index (χ2n) is 8.11. The van der Waals surface area contributed by atoms with Crippen molar-refractivity contribution >= 4 is 33.3 Å². The van der Waals surface area contributed by atoms with Crippen LogP contribution in [0.25, 0.3) is 0 Å². The van der Waals surface area contributed by atoms with E-state index in [0.717, 1.165) is 4.31 Å². The molecule has 4 aromatic carbocycles. The fraction of sp³-hybridized carbons (Fsp3) is 0.0714.